The maximum atomic E-state index is 12.9. The molecule has 0 bridgehead atoms. The molecule has 4 rings (SSSR count). The van der Waals surface area contributed by atoms with E-state index in [0.717, 1.165) is 42.5 Å². The number of ether oxygens (including phenoxy) is 1. The second-order valence-corrected chi connectivity index (χ2v) is 10.2. The van der Waals surface area contributed by atoms with E-state index in [1.807, 2.05) is 39.0 Å². The van der Waals surface area contributed by atoms with Crippen LogP contribution in [0.5, 0.6) is 5.75 Å². The minimum absolute atomic E-state index is 0.0133. The van der Waals surface area contributed by atoms with Crippen LogP contribution < -0.4 is 10.1 Å². The first-order valence-electron chi connectivity index (χ1n) is 12.6. The predicted octanol–water partition coefficient (Wildman–Crippen LogP) is 6.45. The molecule has 1 atom stereocenters. The van der Waals surface area contributed by atoms with Gasteiger partial charge >= 0.3 is 0 Å². The molecule has 1 unspecified atom stereocenters. The monoisotopic (exact) mass is 495 g/mol. The number of carbonyl (C=O) groups excluding carboxylic acids is 2. The van der Waals surface area contributed by atoms with Crippen molar-refractivity contribution in [3.05, 3.63) is 58.9 Å². The van der Waals surface area contributed by atoms with Crippen LogP contribution in [0.2, 0.25) is 5.02 Å². The Hall–Kier alpha value is -2.86. The third-order valence-corrected chi connectivity index (χ3v) is 7.10. The highest BCUT2D eigenvalue weighted by Crippen LogP contribution is 2.37. The molecule has 7 heteroatoms. The number of imidazole rings is 1. The average molecular weight is 496 g/mol. The summed E-state index contributed by atoms with van der Waals surface area (Å²) in [5.41, 5.74) is 2.50. The number of para-hydroxylation sites is 2. The summed E-state index contributed by atoms with van der Waals surface area (Å²) >= 11 is 6.31. The van der Waals surface area contributed by atoms with E-state index in [1.54, 1.807) is 18.2 Å². The van der Waals surface area contributed by atoms with E-state index in [9.17, 15) is 9.59 Å². The van der Waals surface area contributed by atoms with Gasteiger partial charge in [0.25, 0.3) is 5.91 Å². The number of aromatic amines is 1. The van der Waals surface area contributed by atoms with Crippen molar-refractivity contribution < 1.29 is 14.3 Å². The van der Waals surface area contributed by atoms with Crippen LogP contribution in [0.15, 0.2) is 42.5 Å². The molecule has 2 N–H and O–H groups in total. The lowest BCUT2D eigenvalue weighted by atomic mass is 9.78. The molecule has 6 nitrogen and oxygen atoms in total. The van der Waals surface area contributed by atoms with E-state index < -0.39 is 6.04 Å². The van der Waals surface area contributed by atoms with Gasteiger partial charge in [0.05, 0.1) is 28.2 Å². The Morgan fingerprint density at radius 3 is 2.54 bits per heavy atom. The van der Waals surface area contributed by atoms with Crippen molar-refractivity contribution in [3.8, 4) is 5.75 Å². The highest BCUT2D eigenvalue weighted by Gasteiger charge is 2.29. The molecular weight excluding hydrogens is 462 g/mol. The predicted molar refractivity (Wildman–Crippen MR) is 139 cm³/mol. The van der Waals surface area contributed by atoms with Gasteiger partial charge in [-0.05, 0) is 82.2 Å². The van der Waals surface area contributed by atoms with Gasteiger partial charge in [0.2, 0.25) is 0 Å². The maximum absolute atomic E-state index is 12.9. The number of hydrogen-bond donors (Lipinski definition) is 2. The zero-order valence-electron chi connectivity index (χ0n) is 20.6. The molecule has 0 saturated heterocycles. The van der Waals surface area contributed by atoms with Crippen LogP contribution >= 0.6 is 11.6 Å². The molecule has 35 heavy (non-hydrogen) atoms. The number of hydrogen-bond acceptors (Lipinski definition) is 4. The molecule has 1 fully saturated rings. The molecular formula is C28H34ClN3O3. The van der Waals surface area contributed by atoms with Crippen LogP contribution in [-0.4, -0.2) is 33.8 Å². The van der Waals surface area contributed by atoms with E-state index in [2.05, 4.69) is 16.4 Å². The lowest BCUT2D eigenvalue weighted by molar-refractivity contribution is -0.121. The highest BCUT2D eigenvalue weighted by atomic mass is 35.5. The quantitative estimate of drug-likeness (QED) is 0.357. The number of fused-ring (bicyclic) bond motifs is 1. The Balaban J connectivity index is 1.36. The Morgan fingerprint density at radius 1 is 1.14 bits per heavy atom. The molecule has 1 heterocycles. The molecule has 0 aliphatic heterocycles. The smallest absolute Gasteiger partial charge is 0.251 e. The number of carbonyl (C=O) groups is 2. The number of nitrogens with zero attached hydrogens (tertiary/aromatic N) is 1. The Labute approximate surface area is 211 Å². The fourth-order valence-electron chi connectivity index (χ4n) is 4.92. The zero-order chi connectivity index (χ0) is 24.9. The lowest BCUT2D eigenvalue weighted by Gasteiger charge is -2.30. The molecule has 1 aliphatic carbocycles. The number of halogens is 1. The van der Waals surface area contributed by atoms with E-state index in [4.69, 9.17) is 21.3 Å². The number of nitrogens with one attached hydrogen (secondary N) is 2. The molecule has 1 amide bonds. The molecule has 0 spiro atoms. The first-order valence-corrected chi connectivity index (χ1v) is 13.0. The van der Waals surface area contributed by atoms with Crippen LogP contribution in [0.4, 0.5) is 0 Å². The largest absolute Gasteiger partial charge is 0.489 e. The number of H-pyrrole nitrogens is 1. The van der Waals surface area contributed by atoms with Crippen LogP contribution in [0.25, 0.3) is 11.0 Å². The second kappa shape index (κ2) is 11.3. The number of rotatable bonds is 9. The molecule has 1 saturated carbocycles. The molecule has 1 aromatic heterocycles. The van der Waals surface area contributed by atoms with Gasteiger partial charge in [0.15, 0.2) is 5.78 Å². The Bertz CT molecular complexity index is 1150. The normalized spacial score (nSPS) is 19.0. The van der Waals surface area contributed by atoms with E-state index >= 15 is 0 Å². The van der Waals surface area contributed by atoms with Gasteiger partial charge in [-0.2, -0.15) is 0 Å². The first-order chi connectivity index (χ1) is 16.8. The minimum Gasteiger partial charge on any atom is -0.489 e. The molecule has 186 valence electrons. The first kappa shape index (κ1) is 25.2. The van der Waals surface area contributed by atoms with Crippen molar-refractivity contribution in [1.29, 1.82) is 0 Å². The van der Waals surface area contributed by atoms with Crippen molar-refractivity contribution in [1.82, 2.24) is 15.3 Å². The number of amides is 1. The zero-order valence-corrected chi connectivity index (χ0v) is 21.4. The van der Waals surface area contributed by atoms with Gasteiger partial charge in [-0.15, -0.1) is 0 Å². The fraction of sp³-hybridized carbons (Fsp3) is 0.464. The van der Waals surface area contributed by atoms with Gasteiger partial charge in [-0.3, -0.25) is 9.59 Å². The molecule has 3 aromatic rings. The van der Waals surface area contributed by atoms with Gasteiger partial charge < -0.3 is 15.0 Å². The number of aromatic nitrogens is 2. The Morgan fingerprint density at radius 2 is 1.89 bits per heavy atom. The highest BCUT2D eigenvalue weighted by molar-refractivity contribution is 6.32. The van der Waals surface area contributed by atoms with Crippen molar-refractivity contribution in [3.63, 3.8) is 0 Å². The third kappa shape index (κ3) is 6.23. The lowest BCUT2D eigenvalue weighted by Crippen LogP contribution is -2.42. The van der Waals surface area contributed by atoms with Gasteiger partial charge in [0, 0.05) is 17.9 Å². The summed E-state index contributed by atoms with van der Waals surface area (Å²) in [5.74, 6) is 2.17. The standard InChI is InChI=1S/C28H34ClN3O3/c1-4-25(33)24(32-28(34)20-13-14-26(21(29)16-20)35-17(2)3)15-18-9-11-19(12-10-18)27-30-22-7-5-6-8-23(22)31-27/h5-8,13-14,16-19,24H,4,9-12,15H2,1-3H3,(H,30,31)(H,32,34). The summed E-state index contributed by atoms with van der Waals surface area (Å²) in [6.07, 6.45) is 5.11. The van der Waals surface area contributed by atoms with Crippen LogP contribution in [0.1, 0.15) is 81.4 Å². The van der Waals surface area contributed by atoms with Crippen LogP contribution in [0, 0.1) is 5.92 Å². The summed E-state index contributed by atoms with van der Waals surface area (Å²) in [7, 11) is 0. The minimum atomic E-state index is -0.495. The number of benzene rings is 2. The fourth-order valence-corrected chi connectivity index (χ4v) is 5.15. The van der Waals surface area contributed by atoms with Crippen molar-refractivity contribution in [2.24, 2.45) is 5.92 Å². The van der Waals surface area contributed by atoms with Crippen molar-refractivity contribution in [2.45, 2.75) is 77.4 Å². The van der Waals surface area contributed by atoms with E-state index in [0.29, 0.717) is 41.0 Å². The Kier molecular flexibility index (Phi) is 8.11. The van der Waals surface area contributed by atoms with Gasteiger partial charge in [0.1, 0.15) is 11.6 Å². The van der Waals surface area contributed by atoms with E-state index in [1.165, 1.54) is 0 Å². The van der Waals surface area contributed by atoms with Gasteiger partial charge in [-0.25, -0.2) is 4.98 Å². The second-order valence-electron chi connectivity index (χ2n) is 9.75. The topological polar surface area (TPSA) is 84.1 Å². The maximum Gasteiger partial charge on any atom is 0.251 e. The van der Waals surface area contributed by atoms with Crippen molar-refractivity contribution >= 4 is 34.3 Å². The number of ketones is 1. The van der Waals surface area contributed by atoms with E-state index in [-0.39, 0.29) is 17.8 Å². The number of Topliss-reactive ketones (excluding diaryl/α,β-unsaturated/α-hetero) is 1. The third-order valence-electron chi connectivity index (χ3n) is 6.81. The van der Waals surface area contributed by atoms with Crippen LogP contribution in [0.3, 0.4) is 0 Å². The summed E-state index contributed by atoms with van der Waals surface area (Å²) in [4.78, 5) is 33.9. The molecule has 1 aliphatic rings. The van der Waals surface area contributed by atoms with Gasteiger partial charge in [-0.1, -0.05) is 30.7 Å². The summed E-state index contributed by atoms with van der Waals surface area (Å²) in [6, 6.07) is 12.6. The van der Waals surface area contributed by atoms with Crippen molar-refractivity contribution in [2.75, 3.05) is 0 Å². The molecule has 2 aromatic carbocycles. The van der Waals surface area contributed by atoms with Crippen LogP contribution in [-0.2, 0) is 4.79 Å². The summed E-state index contributed by atoms with van der Waals surface area (Å²) in [5, 5.41) is 3.36. The SMILES string of the molecule is CCC(=O)C(CC1CCC(c2nc3ccccc3[nH]2)CC1)NC(=O)c1ccc(OC(C)C)c(Cl)c1. The average Bonchev–Trinajstić information content (AvgIpc) is 3.29. The summed E-state index contributed by atoms with van der Waals surface area (Å²) in [6.45, 7) is 5.68. The molecule has 0 radical (unpaired) electrons. The summed E-state index contributed by atoms with van der Waals surface area (Å²) < 4.78 is 5.65.